The Morgan fingerprint density at radius 3 is 1.07 bits per heavy atom. The maximum absolute atomic E-state index is 10.4. The summed E-state index contributed by atoms with van der Waals surface area (Å²) in [4.78, 5) is 44.6. The topological polar surface area (TPSA) is 310 Å². The van der Waals surface area contributed by atoms with E-state index in [1.807, 2.05) is 0 Å². The summed E-state index contributed by atoms with van der Waals surface area (Å²) in [6.45, 7) is 0. The Morgan fingerprint density at radius 1 is 0.724 bits per heavy atom. The van der Waals surface area contributed by atoms with E-state index in [0.29, 0.717) is 11.4 Å². The van der Waals surface area contributed by atoms with Gasteiger partial charge in [-0.1, -0.05) is 12.1 Å². The molecule has 2 aromatic rings. The number of rotatable bonds is 2. The predicted molar refractivity (Wildman–Crippen MR) is 96.0 cm³/mol. The van der Waals surface area contributed by atoms with Crippen LogP contribution in [0, 0.1) is 30.6 Å². The van der Waals surface area contributed by atoms with Gasteiger partial charge in [0.25, 0.3) is 11.8 Å². The monoisotopic (exact) mass is 470 g/mol. The van der Waals surface area contributed by atoms with E-state index in [2.05, 4.69) is 9.97 Å². The van der Waals surface area contributed by atoms with Crippen molar-refractivity contribution in [3.63, 3.8) is 0 Å². The zero-order valence-corrected chi connectivity index (χ0v) is 17.7. The van der Waals surface area contributed by atoms with E-state index >= 15 is 0 Å². The van der Waals surface area contributed by atoms with Crippen molar-refractivity contribution < 1.29 is 50.2 Å². The van der Waals surface area contributed by atoms with Crippen molar-refractivity contribution in [2.75, 3.05) is 0 Å². The van der Waals surface area contributed by atoms with Crippen molar-refractivity contribution in [3.8, 4) is 0 Å². The van der Waals surface area contributed by atoms with Gasteiger partial charge in [0.05, 0.1) is 10.2 Å². The van der Waals surface area contributed by atoms with Crippen LogP contribution in [0.4, 0.5) is 0 Å². The zero-order chi connectivity index (χ0) is 20.5. The quantitative estimate of drug-likeness (QED) is 0.210. The van der Waals surface area contributed by atoms with Crippen molar-refractivity contribution in [2.45, 2.75) is 0 Å². The van der Waals surface area contributed by atoms with Crippen LogP contribution in [0.15, 0.2) is 48.8 Å². The largest absolute Gasteiger partial charge is 2.00 e. The van der Waals surface area contributed by atoms with Crippen LogP contribution in [0.1, 0.15) is 21.0 Å². The van der Waals surface area contributed by atoms with Crippen molar-refractivity contribution in [1.82, 2.24) is 9.97 Å². The summed E-state index contributed by atoms with van der Waals surface area (Å²) < 4.78 is 0. The number of pyridine rings is 2. The molecule has 0 saturated heterocycles. The third-order valence-electron chi connectivity index (χ3n) is 1.83. The van der Waals surface area contributed by atoms with Crippen molar-refractivity contribution >= 4 is 11.8 Å². The molecule has 0 aliphatic rings. The van der Waals surface area contributed by atoms with Gasteiger partial charge in [-0.05, 0) is 24.3 Å². The number of amides is 2. The molecule has 0 aromatic carbocycles. The Labute approximate surface area is 174 Å². The summed E-state index contributed by atoms with van der Waals surface area (Å²) in [7, 11) is 0. The standard InChI is InChI=1S/2C6H6N2O.2NO3.2H2O.Zn/c2*7-6(9)5-3-1-2-4-8-5;2*2-1(3)4;;;/h2*1-4H,(H2,7,9);;;2*1H2;/q;;2*-1;;;+2/p+2. The maximum atomic E-state index is 10.4. The fourth-order valence-electron chi connectivity index (χ4n) is 1.02. The molecule has 156 valence electrons. The Morgan fingerprint density at radius 2 is 0.966 bits per heavy atom. The molecule has 0 fully saturated rings. The van der Waals surface area contributed by atoms with Crippen molar-refractivity contribution in [1.29, 1.82) is 0 Å². The Kier molecular flexibility index (Phi) is 27.7. The van der Waals surface area contributed by atoms with E-state index in [1.165, 1.54) is 12.4 Å². The molecule has 0 aliphatic carbocycles. The number of carbonyl (C=O) groups excluding carboxylic acids is 2. The molecule has 0 aliphatic heterocycles. The third-order valence-corrected chi connectivity index (χ3v) is 1.83. The van der Waals surface area contributed by atoms with Crippen LogP contribution in [-0.2, 0) is 30.4 Å². The first-order valence-corrected chi connectivity index (χ1v) is 6.12. The normalized spacial score (nSPS) is 7.17. The number of hydrogen-bond donors (Lipinski definition) is 2. The second-order valence-electron chi connectivity index (χ2n) is 3.61. The molecule has 10 N–H and O–H groups in total. The van der Waals surface area contributed by atoms with Crippen molar-refractivity contribution in [2.24, 2.45) is 11.5 Å². The van der Waals surface area contributed by atoms with Gasteiger partial charge < -0.3 is 53.1 Å². The van der Waals surface area contributed by atoms with Gasteiger partial charge in [0.2, 0.25) is 0 Å². The van der Waals surface area contributed by atoms with Gasteiger partial charge in [-0.2, -0.15) is 0 Å². The van der Waals surface area contributed by atoms with Gasteiger partial charge in [-0.3, -0.25) is 19.6 Å². The van der Waals surface area contributed by atoms with E-state index in [9.17, 15) is 9.59 Å². The van der Waals surface area contributed by atoms with Crippen molar-refractivity contribution in [3.05, 3.63) is 90.8 Å². The summed E-state index contributed by atoms with van der Waals surface area (Å²) in [5.74, 6) is -0.980. The first-order valence-electron chi connectivity index (χ1n) is 6.12. The molecule has 0 atom stereocenters. The summed E-state index contributed by atoms with van der Waals surface area (Å²) in [6.07, 6.45) is 3.06. The van der Waals surface area contributed by atoms with E-state index < -0.39 is 22.0 Å². The molecule has 29 heavy (non-hydrogen) atoms. The minimum atomic E-state index is -1.75. The number of nitrogens with zero attached hydrogens (tertiary/aromatic N) is 4. The third kappa shape index (κ3) is 29.2. The summed E-state index contributed by atoms with van der Waals surface area (Å²) in [5.41, 5.74) is 10.4. The van der Waals surface area contributed by atoms with Crippen LogP contribution in [-0.4, -0.2) is 32.0 Å². The number of aromatic nitrogens is 2. The predicted octanol–water partition coefficient (Wildman–Crippen LogP) is -1.96. The summed E-state index contributed by atoms with van der Waals surface area (Å²) >= 11 is 0. The van der Waals surface area contributed by atoms with Gasteiger partial charge in [-0.15, -0.1) is 0 Å². The average molecular weight is 472 g/mol. The van der Waals surface area contributed by atoms with Gasteiger partial charge in [0.1, 0.15) is 11.4 Å². The van der Waals surface area contributed by atoms with Gasteiger partial charge in [-0.25, -0.2) is 0 Å². The first-order chi connectivity index (χ1) is 12.1. The van der Waals surface area contributed by atoms with Crippen LogP contribution >= 0.6 is 0 Å². The van der Waals surface area contributed by atoms with Gasteiger partial charge >= 0.3 is 19.5 Å². The van der Waals surface area contributed by atoms with Crippen LogP contribution in [0.3, 0.4) is 0 Å². The van der Waals surface area contributed by atoms with Crippen LogP contribution in [0.5, 0.6) is 0 Å². The molecule has 0 unspecified atom stereocenters. The molecule has 0 spiro atoms. The Balaban J connectivity index is -0.0000000912. The molecular weight excluding hydrogens is 454 g/mol. The molecule has 2 heterocycles. The minimum Gasteiger partial charge on any atom is -0.457 e. The molecule has 0 radical (unpaired) electrons. The second-order valence-corrected chi connectivity index (χ2v) is 3.61. The fourth-order valence-corrected chi connectivity index (χ4v) is 1.02. The van der Waals surface area contributed by atoms with E-state index in [0.717, 1.165) is 0 Å². The Hall–Kier alpha value is -3.82. The van der Waals surface area contributed by atoms with Gasteiger partial charge in [0.15, 0.2) is 0 Å². The number of primary amides is 2. The molecule has 17 heteroatoms. The van der Waals surface area contributed by atoms with Gasteiger partial charge in [0, 0.05) is 12.4 Å². The molecule has 2 rings (SSSR count). The SMILES string of the molecule is NC(=O)c1ccccn1.NC(=O)c1ccccn1.O=[N+]([O-])[O-].O=[N+]([O-])[O-].[OH3+].[OH3+].[Zn+2]. The molecule has 2 amide bonds. The molecule has 2 aromatic heterocycles. The number of nitrogens with two attached hydrogens (primary N) is 2. The average Bonchev–Trinajstić information content (AvgIpc) is 2.56. The number of carbonyl (C=O) groups is 2. The molecular formula is C12H18N6O10Zn+2. The maximum Gasteiger partial charge on any atom is 2.00 e. The zero-order valence-electron chi connectivity index (χ0n) is 14.7. The minimum absolute atomic E-state index is 0. The van der Waals surface area contributed by atoms with Crippen LogP contribution < -0.4 is 11.5 Å². The van der Waals surface area contributed by atoms with Crippen LogP contribution in [0.2, 0.25) is 0 Å². The first kappa shape index (κ1) is 36.2. The fraction of sp³-hybridized carbons (Fsp3) is 0. The Bertz CT molecular complexity index is 637. The molecule has 16 nitrogen and oxygen atoms in total. The van der Waals surface area contributed by atoms with E-state index in [-0.39, 0.29) is 30.4 Å². The molecule has 0 bridgehead atoms. The smallest absolute Gasteiger partial charge is 0.457 e. The molecule has 0 saturated carbocycles. The summed E-state index contributed by atoms with van der Waals surface area (Å²) in [5, 5.41) is 29.5. The van der Waals surface area contributed by atoms with E-state index in [4.69, 9.17) is 42.1 Å². The van der Waals surface area contributed by atoms with E-state index in [1.54, 1.807) is 36.4 Å². The number of hydrogen-bond acceptors (Lipinski definition) is 10. The second kappa shape index (κ2) is 22.2. The van der Waals surface area contributed by atoms with Crippen LogP contribution in [0.25, 0.3) is 0 Å². The summed E-state index contributed by atoms with van der Waals surface area (Å²) in [6, 6.07) is 10.0.